The van der Waals surface area contributed by atoms with E-state index in [1.165, 1.54) is 18.4 Å². The van der Waals surface area contributed by atoms with Crippen LogP contribution < -0.4 is 4.74 Å². The zero-order chi connectivity index (χ0) is 13.8. The molecule has 0 bridgehead atoms. The fourth-order valence-electron chi connectivity index (χ4n) is 1.33. The van der Waals surface area contributed by atoms with Crippen LogP contribution in [0.3, 0.4) is 0 Å². The summed E-state index contributed by atoms with van der Waals surface area (Å²) in [6, 6.07) is 4.93. The fraction of sp³-hybridized carbons (Fsp3) is 0.167. The third-order valence-electron chi connectivity index (χ3n) is 2.14. The lowest BCUT2D eigenvalue weighted by atomic mass is 10.3. The van der Waals surface area contributed by atoms with Gasteiger partial charge in [0.25, 0.3) is 0 Å². The van der Waals surface area contributed by atoms with Gasteiger partial charge in [-0.15, -0.1) is 11.3 Å². The van der Waals surface area contributed by atoms with Gasteiger partial charge in [0.15, 0.2) is 5.69 Å². The highest BCUT2D eigenvalue weighted by Gasteiger charge is 2.11. The Morgan fingerprint density at radius 2 is 2.00 bits per heavy atom. The number of benzene rings is 1. The maximum atomic E-state index is 11.2. The summed E-state index contributed by atoms with van der Waals surface area (Å²) < 4.78 is 10.1. The molecule has 0 atom stereocenters. The van der Waals surface area contributed by atoms with Crippen molar-refractivity contribution in [3.05, 3.63) is 44.3 Å². The first-order valence-electron chi connectivity index (χ1n) is 5.20. The van der Waals surface area contributed by atoms with E-state index in [4.69, 9.17) is 27.9 Å². The first-order valence-corrected chi connectivity index (χ1v) is 6.83. The second-order valence-electron chi connectivity index (χ2n) is 3.51. The maximum Gasteiger partial charge on any atom is 0.357 e. The second kappa shape index (κ2) is 6.23. The van der Waals surface area contributed by atoms with Crippen molar-refractivity contribution in [3.8, 4) is 5.75 Å². The Morgan fingerprint density at radius 1 is 1.32 bits per heavy atom. The minimum atomic E-state index is -0.465. The third-order valence-corrected chi connectivity index (χ3v) is 3.40. The van der Waals surface area contributed by atoms with Gasteiger partial charge in [-0.3, -0.25) is 0 Å². The molecule has 2 rings (SSSR count). The van der Waals surface area contributed by atoms with Gasteiger partial charge >= 0.3 is 5.97 Å². The van der Waals surface area contributed by atoms with Gasteiger partial charge in [-0.1, -0.05) is 23.2 Å². The second-order valence-corrected chi connectivity index (χ2v) is 5.33. The van der Waals surface area contributed by atoms with Crippen molar-refractivity contribution >= 4 is 40.5 Å². The van der Waals surface area contributed by atoms with Gasteiger partial charge < -0.3 is 9.47 Å². The van der Waals surface area contributed by atoms with Crippen LogP contribution in [0.5, 0.6) is 5.75 Å². The summed E-state index contributed by atoms with van der Waals surface area (Å²) >= 11 is 13.0. The highest BCUT2D eigenvalue weighted by molar-refractivity contribution is 7.09. The monoisotopic (exact) mass is 317 g/mol. The molecule has 0 aliphatic carbocycles. The molecule has 0 aliphatic heterocycles. The molecule has 1 heterocycles. The summed E-state index contributed by atoms with van der Waals surface area (Å²) in [5.41, 5.74) is 0.273. The zero-order valence-corrected chi connectivity index (χ0v) is 12.2. The first-order chi connectivity index (χ1) is 9.08. The van der Waals surface area contributed by atoms with Crippen molar-refractivity contribution in [1.82, 2.24) is 4.98 Å². The Hall–Kier alpha value is -1.30. The fourth-order valence-corrected chi connectivity index (χ4v) is 2.51. The molecule has 0 spiro atoms. The predicted octanol–water partition coefficient (Wildman–Crippen LogP) is 3.82. The molecule has 100 valence electrons. The lowest BCUT2D eigenvalue weighted by Crippen LogP contribution is -2.02. The number of esters is 1. The van der Waals surface area contributed by atoms with Gasteiger partial charge in [0.2, 0.25) is 0 Å². The van der Waals surface area contributed by atoms with Crippen molar-refractivity contribution in [2.75, 3.05) is 7.11 Å². The zero-order valence-electron chi connectivity index (χ0n) is 9.85. The van der Waals surface area contributed by atoms with Gasteiger partial charge in [-0.05, 0) is 18.2 Å². The number of hydrogen-bond donors (Lipinski definition) is 0. The topological polar surface area (TPSA) is 48.4 Å². The lowest BCUT2D eigenvalue weighted by Gasteiger charge is -2.04. The van der Waals surface area contributed by atoms with Crippen LogP contribution in [0.25, 0.3) is 0 Å². The Labute approximate surface area is 123 Å². The van der Waals surface area contributed by atoms with Crippen LogP contribution in [0, 0.1) is 0 Å². The van der Waals surface area contributed by atoms with Gasteiger partial charge in [0.05, 0.1) is 7.11 Å². The van der Waals surface area contributed by atoms with E-state index in [9.17, 15) is 4.79 Å². The van der Waals surface area contributed by atoms with Crippen LogP contribution in [0.1, 0.15) is 15.5 Å². The molecule has 4 nitrogen and oxygen atoms in total. The molecular weight excluding hydrogens is 309 g/mol. The number of halogens is 2. The molecule has 0 unspecified atom stereocenters. The molecule has 0 radical (unpaired) electrons. The summed E-state index contributed by atoms with van der Waals surface area (Å²) in [6.07, 6.45) is 0. The molecule has 1 aromatic carbocycles. The van der Waals surface area contributed by atoms with E-state index in [0.29, 0.717) is 20.8 Å². The van der Waals surface area contributed by atoms with Crippen LogP contribution in [-0.4, -0.2) is 18.1 Å². The van der Waals surface area contributed by atoms with E-state index in [0.717, 1.165) is 0 Å². The summed E-state index contributed by atoms with van der Waals surface area (Å²) in [6.45, 7) is 0.234. The number of nitrogens with zero attached hydrogens (tertiary/aromatic N) is 1. The van der Waals surface area contributed by atoms with E-state index < -0.39 is 5.97 Å². The number of thiazole rings is 1. The summed E-state index contributed by atoms with van der Waals surface area (Å²) in [4.78, 5) is 15.3. The minimum Gasteiger partial charge on any atom is -0.486 e. The highest BCUT2D eigenvalue weighted by atomic mass is 35.5. The molecule has 0 saturated heterocycles. The quantitative estimate of drug-likeness (QED) is 0.804. The van der Waals surface area contributed by atoms with E-state index >= 15 is 0 Å². The van der Waals surface area contributed by atoms with Crippen molar-refractivity contribution in [1.29, 1.82) is 0 Å². The van der Waals surface area contributed by atoms with E-state index in [1.807, 2.05) is 0 Å². The van der Waals surface area contributed by atoms with Gasteiger partial charge in [-0.25, -0.2) is 9.78 Å². The average Bonchev–Trinajstić information content (AvgIpc) is 2.83. The number of aromatic nitrogens is 1. The van der Waals surface area contributed by atoms with Crippen LogP contribution in [0.4, 0.5) is 0 Å². The average molecular weight is 318 g/mol. The number of carbonyl (C=O) groups excluding carboxylic acids is 1. The smallest absolute Gasteiger partial charge is 0.357 e. The molecular formula is C12H9Cl2NO3S. The predicted molar refractivity (Wildman–Crippen MR) is 74.2 cm³/mol. The Kier molecular flexibility index (Phi) is 4.63. The van der Waals surface area contributed by atoms with Crippen LogP contribution in [-0.2, 0) is 11.3 Å². The molecule has 2 aromatic rings. The molecule has 0 fully saturated rings. The number of ether oxygens (including phenoxy) is 2. The summed E-state index contributed by atoms with van der Waals surface area (Å²) in [5, 5.41) is 3.28. The standard InChI is InChI=1S/C12H9Cl2NO3S/c1-17-12(16)10-6-19-11(15-10)5-18-9-3-7(13)2-8(14)4-9/h2-4,6H,5H2,1H3. The Balaban J connectivity index is 2.02. The molecule has 7 heteroatoms. The van der Waals surface area contributed by atoms with Crippen LogP contribution in [0.15, 0.2) is 23.6 Å². The summed E-state index contributed by atoms with van der Waals surface area (Å²) in [7, 11) is 1.31. The molecule has 19 heavy (non-hydrogen) atoms. The van der Waals surface area contributed by atoms with E-state index in [2.05, 4.69) is 9.72 Å². The van der Waals surface area contributed by atoms with Gasteiger partial charge in [-0.2, -0.15) is 0 Å². The lowest BCUT2D eigenvalue weighted by molar-refractivity contribution is 0.0594. The normalized spacial score (nSPS) is 10.3. The molecule has 1 aromatic heterocycles. The van der Waals surface area contributed by atoms with Crippen molar-refractivity contribution in [2.24, 2.45) is 0 Å². The molecule has 0 saturated carbocycles. The van der Waals surface area contributed by atoms with Crippen LogP contribution in [0.2, 0.25) is 10.0 Å². The number of methoxy groups -OCH3 is 1. The maximum absolute atomic E-state index is 11.2. The molecule has 0 aliphatic rings. The summed E-state index contributed by atoms with van der Waals surface area (Å²) in [5.74, 6) is 0.0839. The van der Waals surface area contributed by atoms with Crippen LogP contribution >= 0.6 is 34.5 Å². The third kappa shape index (κ3) is 3.83. The number of carbonyl (C=O) groups is 1. The highest BCUT2D eigenvalue weighted by Crippen LogP contribution is 2.25. The Bertz CT molecular complexity index is 580. The minimum absolute atomic E-state index is 0.234. The largest absolute Gasteiger partial charge is 0.486 e. The van der Waals surface area contributed by atoms with Crippen molar-refractivity contribution in [3.63, 3.8) is 0 Å². The van der Waals surface area contributed by atoms with E-state index in [-0.39, 0.29) is 12.3 Å². The molecule has 0 amide bonds. The Morgan fingerprint density at radius 3 is 2.63 bits per heavy atom. The number of hydrogen-bond acceptors (Lipinski definition) is 5. The van der Waals surface area contributed by atoms with Gasteiger partial charge in [0.1, 0.15) is 17.4 Å². The number of rotatable bonds is 4. The van der Waals surface area contributed by atoms with Crippen molar-refractivity contribution in [2.45, 2.75) is 6.61 Å². The van der Waals surface area contributed by atoms with Crippen molar-refractivity contribution < 1.29 is 14.3 Å². The van der Waals surface area contributed by atoms with E-state index in [1.54, 1.807) is 23.6 Å². The van der Waals surface area contributed by atoms with Gasteiger partial charge in [0, 0.05) is 15.4 Å². The SMILES string of the molecule is COC(=O)c1csc(COc2cc(Cl)cc(Cl)c2)n1. The first kappa shape index (κ1) is 14.1. The molecule has 0 N–H and O–H groups in total.